The van der Waals surface area contributed by atoms with Crippen LogP contribution >= 0.6 is 0 Å². The van der Waals surface area contributed by atoms with Crippen molar-refractivity contribution in [2.24, 2.45) is 5.92 Å². The molecule has 1 atom stereocenters. The Morgan fingerprint density at radius 1 is 0.921 bits per heavy atom. The van der Waals surface area contributed by atoms with Crippen LogP contribution in [-0.4, -0.2) is 17.7 Å². The number of ether oxygens (including phenoxy) is 2. The van der Waals surface area contributed by atoms with Crippen molar-refractivity contribution in [3.63, 3.8) is 0 Å². The maximum absolute atomic E-state index is 14.9. The Hall–Kier alpha value is -3.32. The Morgan fingerprint density at radius 3 is 2.24 bits per heavy atom. The normalized spacial score (nSPS) is 18.2. The zero-order valence-electron chi connectivity index (χ0n) is 21.7. The number of esters is 1. The third-order valence-corrected chi connectivity index (χ3v) is 7.21. The quantitative estimate of drug-likeness (QED) is 0.228. The maximum Gasteiger partial charge on any atom is 0.314 e. The maximum atomic E-state index is 14.9. The van der Waals surface area contributed by atoms with Crippen molar-refractivity contribution in [3.8, 4) is 22.6 Å². The molecule has 0 aromatic heterocycles. The smallest absolute Gasteiger partial charge is 0.314 e. The lowest BCUT2D eigenvalue weighted by molar-refractivity contribution is -0.140. The van der Waals surface area contributed by atoms with Gasteiger partial charge in [0.05, 0.1) is 18.6 Å². The van der Waals surface area contributed by atoms with E-state index in [1.807, 2.05) is 13.0 Å². The fourth-order valence-corrected chi connectivity index (χ4v) is 5.06. The summed E-state index contributed by atoms with van der Waals surface area (Å²) < 4.78 is 54.5. The monoisotopic (exact) mass is 526 g/mol. The largest absolute Gasteiger partial charge is 0.491 e. The molecule has 1 aliphatic carbocycles. The fourth-order valence-electron chi connectivity index (χ4n) is 5.06. The zero-order chi connectivity index (χ0) is 27.2. The van der Waals surface area contributed by atoms with Gasteiger partial charge in [0, 0.05) is 5.56 Å². The lowest BCUT2D eigenvalue weighted by Crippen LogP contribution is -2.25. The van der Waals surface area contributed by atoms with Crippen LogP contribution in [0.3, 0.4) is 0 Å². The van der Waals surface area contributed by atoms with Crippen molar-refractivity contribution < 1.29 is 32.5 Å². The standard InChI is InChI=1S/C31H33F3O4/c1-3-5-26(35)21-10-8-20(9-11-21)24-15-17-28(30(34)29(24)33)38-31(36)22-12-6-19(7-13-22)23-14-16-27(37-4-2)25(32)18-23/h8-11,14-19,22,26,35H,3-7,12-13H2,1-2H3. The van der Waals surface area contributed by atoms with Crippen LogP contribution in [0.2, 0.25) is 0 Å². The van der Waals surface area contributed by atoms with Gasteiger partial charge in [-0.2, -0.15) is 4.39 Å². The highest BCUT2D eigenvalue weighted by Gasteiger charge is 2.30. The zero-order valence-corrected chi connectivity index (χ0v) is 21.7. The molecule has 1 unspecified atom stereocenters. The average Bonchev–Trinajstić information content (AvgIpc) is 2.93. The highest BCUT2D eigenvalue weighted by molar-refractivity contribution is 5.76. The third-order valence-electron chi connectivity index (χ3n) is 7.21. The Labute approximate surface area is 221 Å². The highest BCUT2D eigenvalue weighted by atomic mass is 19.2. The van der Waals surface area contributed by atoms with Gasteiger partial charge >= 0.3 is 5.97 Å². The second-order valence-corrected chi connectivity index (χ2v) is 9.76. The van der Waals surface area contributed by atoms with Crippen molar-refractivity contribution in [3.05, 3.63) is 83.2 Å². The third kappa shape index (κ3) is 6.21. The minimum Gasteiger partial charge on any atom is -0.491 e. The Kier molecular flexibility index (Phi) is 9.10. The topological polar surface area (TPSA) is 55.8 Å². The van der Waals surface area contributed by atoms with E-state index in [1.165, 1.54) is 18.2 Å². The number of carbonyl (C=O) groups is 1. The van der Waals surface area contributed by atoms with Gasteiger partial charge in [-0.15, -0.1) is 0 Å². The number of halogens is 3. The molecule has 0 saturated heterocycles. The van der Waals surface area contributed by atoms with Crippen LogP contribution in [0.15, 0.2) is 54.6 Å². The Bertz CT molecular complexity index is 1250. The summed E-state index contributed by atoms with van der Waals surface area (Å²) in [4.78, 5) is 12.7. The molecule has 1 aliphatic rings. The number of benzene rings is 3. The van der Waals surface area contributed by atoms with E-state index in [0.29, 0.717) is 49.8 Å². The molecule has 1 N–H and O–H groups in total. The van der Waals surface area contributed by atoms with E-state index in [9.17, 15) is 23.1 Å². The fraction of sp³-hybridized carbons (Fsp3) is 0.387. The van der Waals surface area contributed by atoms with E-state index < -0.39 is 41.2 Å². The number of hydrogen-bond donors (Lipinski definition) is 1. The second-order valence-electron chi connectivity index (χ2n) is 9.76. The summed E-state index contributed by atoms with van der Waals surface area (Å²) in [5.74, 6) is -3.88. The van der Waals surface area contributed by atoms with Gasteiger partial charge in [-0.1, -0.05) is 43.7 Å². The lowest BCUT2D eigenvalue weighted by Gasteiger charge is -2.27. The first-order chi connectivity index (χ1) is 18.3. The summed E-state index contributed by atoms with van der Waals surface area (Å²) in [6.07, 6.45) is 3.18. The molecule has 7 heteroatoms. The van der Waals surface area contributed by atoms with Gasteiger partial charge < -0.3 is 14.6 Å². The number of aliphatic hydroxyl groups is 1. The van der Waals surface area contributed by atoms with E-state index in [4.69, 9.17) is 9.47 Å². The second kappa shape index (κ2) is 12.5. The van der Waals surface area contributed by atoms with Gasteiger partial charge in [-0.25, -0.2) is 8.78 Å². The van der Waals surface area contributed by atoms with Crippen LogP contribution in [-0.2, 0) is 4.79 Å². The molecular weight excluding hydrogens is 493 g/mol. The summed E-state index contributed by atoms with van der Waals surface area (Å²) in [7, 11) is 0. The van der Waals surface area contributed by atoms with Crippen molar-refractivity contribution in [2.75, 3.05) is 6.61 Å². The molecular formula is C31H33F3O4. The molecule has 0 amide bonds. The molecule has 38 heavy (non-hydrogen) atoms. The molecule has 3 aromatic carbocycles. The van der Waals surface area contributed by atoms with E-state index in [0.717, 1.165) is 12.0 Å². The molecule has 1 fully saturated rings. The minimum absolute atomic E-state index is 0.0434. The first kappa shape index (κ1) is 27.7. The first-order valence-corrected chi connectivity index (χ1v) is 13.2. The van der Waals surface area contributed by atoms with Crippen molar-refractivity contribution in [2.45, 2.75) is 64.4 Å². The molecule has 202 valence electrons. The molecule has 3 aromatic rings. The van der Waals surface area contributed by atoms with Crippen LogP contribution in [0.4, 0.5) is 13.2 Å². The molecule has 4 rings (SSSR count). The van der Waals surface area contributed by atoms with Gasteiger partial charge in [0.25, 0.3) is 0 Å². The number of rotatable bonds is 9. The van der Waals surface area contributed by atoms with Gasteiger partial charge in [0.2, 0.25) is 5.82 Å². The van der Waals surface area contributed by atoms with E-state index in [-0.39, 0.29) is 17.2 Å². The van der Waals surface area contributed by atoms with Crippen LogP contribution in [0.5, 0.6) is 11.5 Å². The van der Waals surface area contributed by atoms with Crippen molar-refractivity contribution in [1.82, 2.24) is 0 Å². The highest BCUT2D eigenvalue weighted by Crippen LogP contribution is 2.38. The van der Waals surface area contributed by atoms with Gasteiger partial charge in [0.15, 0.2) is 23.1 Å². The van der Waals surface area contributed by atoms with E-state index in [1.54, 1.807) is 37.3 Å². The molecule has 0 spiro atoms. The van der Waals surface area contributed by atoms with Gasteiger partial charge in [0.1, 0.15) is 0 Å². The predicted octanol–water partition coefficient (Wildman–Crippen LogP) is 7.88. The van der Waals surface area contributed by atoms with Gasteiger partial charge in [-0.3, -0.25) is 4.79 Å². The summed E-state index contributed by atoms with van der Waals surface area (Å²) in [5.41, 5.74) is 2.07. The van der Waals surface area contributed by atoms with Crippen LogP contribution in [0.1, 0.15) is 75.5 Å². The molecule has 0 heterocycles. The molecule has 4 nitrogen and oxygen atoms in total. The van der Waals surface area contributed by atoms with Gasteiger partial charge in [-0.05, 0) is 85.9 Å². The van der Waals surface area contributed by atoms with Crippen LogP contribution < -0.4 is 9.47 Å². The van der Waals surface area contributed by atoms with Crippen LogP contribution in [0, 0.1) is 23.4 Å². The SMILES string of the molecule is CCCC(O)c1ccc(-c2ccc(OC(=O)C3CCC(c4ccc(OCC)c(F)c4)CC3)c(F)c2F)cc1. The number of aliphatic hydroxyl groups excluding tert-OH is 1. The average molecular weight is 527 g/mol. The van der Waals surface area contributed by atoms with E-state index >= 15 is 0 Å². The minimum atomic E-state index is -1.22. The Morgan fingerprint density at radius 2 is 1.61 bits per heavy atom. The molecule has 0 bridgehead atoms. The first-order valence-electron chi connectivity index (χ1n) is 13.2. The molecule has 0 radical (unpaired) electrons. The Balaban J connectivity index is 1.38. The van der Waals surface area contributed by atoms with E-state index in [2.05, 4.69) is 0 Å². The molecule has 1 saturated carbocycles. The summed E-state index contributed by atoms with van der Waals surface area (Å²) in [5, 5.41) is 10.1. The van der Waals surface area contributed by atoms with Crippen molar-refractivity contribution in [1.29, 1.82) is 0 Å². The number of hydrogen-bond acceptors (Lipinski definition) is 4. The van der Waals surface area contributed by atoms with Crippen LogP contribution in [0.25, 0.3) is 11.1 Å². The molecule has 0 aliphatic heterocycles. The lowest BCUT2D eigenvalue weighted by atomic mass is 9.78. The van der Waals surface area contributed by atoms with Crippen molar-refractivity contribution >= 4 is 5.97 Å². The summed E-state index contributed by atoms with van der Waals surface area (Å²) >= 11 is 0. The summed E-state index contributed by atoms with van der Waals surface area (Å²) in [6, 6.07) is 14.2. The summed E-state index contributed by atoms with van der Waals surface area (Å²) in [6.45, 7) is 4.15. The number of carbonyl (C=O) groups excluding carboxylic acids is 1. The predicted molar refractivity (Wildman–Crippen MR) is 140 cm³/mol.